The van der Waals surface area contributed by atoms with Gasteiger partial charge in [0, 0.05) is 18.9 Å². The largest absolute Gasteiger partial charge is 0.393 e. The van der Waals surface area contributed by atoms with E-state index in [1.54, 1.807) is 0 Å². The molecule has 0 aromatic heterocycles. The van der Waals surface area contributed by atoms with Crippen molar-refractivity contribution in [1.82, 2.24) is 0 Å². The Balaban J connectivity index is 2.10. The SMILES string of the molecule is C#CCCCC(O)C1CCOC1. The third-order valence-electron chi connectivity index (χ3n) is 2.33. The van der Waals surface area contributed by atoms with Gasteiger partial charge in [0.05, 0.1) is 12.7 Å². The van der Waals surface area contributed by atoms with Crippen molar-refractivity contribution in [2.45, 2.75) is 31.8 Å². The van der Waals surface area contributed by atoms with E-state index in [4.69, 9.17) is 11.2 Å². The van der Waals surface area contributed by atoms with Crippen LogP contribution in [0.2, 0.25) is 0 Å². The maximum absolute atomic E-state index is 9.63. The molecule has 0 spiro atoms. The van der Waals surface area contributed by atoms with Crippen molar-refractivity contribution in [2.24, 2.45) is 5.92 Å². The molecule has 1 N–H and O–H groups in total. The molecule has 0 aromatic rings. The fourth-order valence-corrected chi connectivity index (χ4v) is 1.51. The second-order valence-electron chi connectivity index (χ2n) is 3.29. The minimum atomic E-state index is -0.208. The third kappa shape index (κ3) is 2.84. The summed E-state index contributed by atoms with van der Waals surface area (Å²) in [5.74, 6) is 2.92. The highest BCUT2D eigenvalue weighted by molar-refractivity contribution is 4.84. The smallest absolute Gasteiger partial charge is 0.0591 e. The molecular weight excluding hydrogens is 152 g/mol. The van der Waals surface area contributed by atoms with Crippen molar-refractivity contribution in [2.75, 3.05) is 13.2 Å². The second kappa shape index (κ2) is 5.18. The number of unbranched alkanes of at least 4 members (excludes halogenated alkanes) is 1. The van der Waals surface area contributed by atoms with Crippen LogP contribution in [-0.4, -0.2) is 24.4 Å². The summed E-state index contributed by atoms with van der Waals surface area (Å²) in [7, 11) is 0. The second-order valence-corrected chi connectivity index (χ2v) is 3.29. The number of rotatable bonds is 4. The summed E-state index contributed by atoms with van der Waals surface area (Å²) in [6.07, 6.45) is 8.41. The number of terminal acetylenes is 1. The van der Waals surface area contributed by atoms with Crippen molar-refractivity contribution in [3.63, 3.8) is 0 Å². The topological polar surface area (TPSA) is 29.5 Å². The van der Waals surface area contributed by atoms with Gasteiger partial charge in [-0.05, 0) is 19.3 Å². The van der Waals surface area contributed by atoms with Crippen LogP contribution in [0, 0.1) is 18.3 Å². The molecule has 2 heteroatoms. The fourth-order valence-electron chi connectivity index (χ4n) is 1.51. The Morgan fingerprint density at radius 2 is 2.50 bits per heavy atom. The van der Waals surface area contributed by atoms with Crippen LogP contribution in [0.1, 0.15) is 25.7 Å². The van der Waals surface area contributed by atoms with E-state index in [2.05, 4.69) is 5.92 Å². The quantitative estimate of drug-likeness (QED) is 0.504. The third-order valence-corrected chi connectivity index (χ3v) is 2.33. The molecule has 2 atom stereocenters. The zero-order chi connectivity index (χ0) is 8.81. The number of ether oxygens (including phenoxy) is 1. The van der Waals surface area contributed by atoms with Gasteiger partial charge in [0.2, 0.25) is 0 Å². The van der Waals surface area contributed by atoms with Gasteiger partial charge in [-0.15, -0.1) is 12.3 Å². The van der Waals surface area contributed by atoms with Gasteiger partial charge in [0.15, 0.2) is 0 Å². The van der Waals surface area contributed by atoms with Crippen molar-refractivity contribution in [1.29, 1.82) is 0 Å². The Hall–Kier alpha value is -0.520. The monoisotopic (exact) mass is 168 g/mol. The molecule has 0 aromatic carbocycles. The van der Waals surface area contributed by atoms with Crippen LogP contribution in [0.5, 0.6) is 0 Å². The first kappa shape index (κ1) is 9.57. The molecule has 0 radical (unpaired) electrons. The molecule has 0 bridgehead atoms. The highest BCUT2D eigenvalue weighted by Crippen LogP contribution is 2.19. The summed E-state index contributed by atoms with van der Waals surface area (Å²) in [5.41, 5.74) is 0. The Morgan fingerprint density at radius 1 is 1.67 bits per heavy atom. The number of aliphatic hydroxyl groups is 1. The van der Waals surface area contributed by atoms with E-state index < -0.39 is 0 Å². The molecular formula is C10H16O2. The average molecular weight is 168 g/mol. The number of hydrogen-bond donors (Lipinski definition) is 1. The van der Waals surface area contributed by atoms with Crippen LogP contribution in [0.15, 0.2) is 0 Å². The molecule has 2 unspecified atom stereocenters. The molecule has 1 aliphatic rings. The molecule has 68 valence electrons. The summed E-state index contributed by atoms with van der Waals surface area (Å²) < 4.78 is 5.18. The molecule has 1 aliphatic heterocycles. The lowest BCUT2D eigenvalue weighted by Crippen LogP contribution is -2.20. The van der Waals surface area contributed by atoms with Crippen molar-refractivity contribution >= 4 is 0 Å². The normalized spacial score (nSPS) is 25.2. The maximum Gasteiger partial charge on any atom is 0.0591 e. The van der Waals surface area contributed by atoms with Gasteiger partial charge in [-0.1, -0.05) is 0 Å². The summed E-state index contributed by atoms with van der Waals surface area (Å²) in [6.45, 7) is 1.52. The molecule has 1 rings (SSSR count). The van der Waals surface area contributed by atoms with Gasteiger partial charge in [0.1, 0.15) is 0 Å². The lowest BCUT2D eigenvalue weighted by atomic mass is 9.97. The Bertz CT molecular complexity index is 154. The molecule has 1 fully saturated rings. The highest BCUT2D eigenvalue weighted by Gasteiger charge is 2.22. The van der Waals surface area contributed by atoms with Gasteiger partial charge < -0.3 is 9.84 Å². The lowest BCUT2D eigenvalue weighted by Gasteiger charge is -2.15. The summed E-state index contributed by atoms with van der Waals surface area (Å²) in [6, 6.07) is 0. The molecule has 12 heavy (non-hydrogen) atoms. The summed E-state index contributed by atoms with van der Waals surface area (Å²) in [4.78, 5) is 0. The number of aliphatic hydroxyl groups excluding tert-OH is 1. The molecule has 0 saturated carbocycles. The zero-order valence-electron chi connectivity index (χ0n) is 7.33. The standard InChI is InChI=1S/C10H16O2/c1-2-3-4-5-10(11)9-6-7-12-8-9/h1,9-11H,3-8H2. The van der Waals surface area contributed by atoms with E-state index in [0.29, 0.717) is 5.92 Å². The first-order chi connectivity index (χ1) is 5.84. The van der Waals surface area contributed by atoms with E-state index >= 15 is 0 Å². The van der Waals surface area contributed by atoms with Crippen molar-refractivity contribution in [3.8, 4) is 12.3 Å². The van der Waals surface area contributed by atoms with E-state index in [0.717, 1.165) is 38.9 Å². The van der Waals surface area contributed by atoms with Crippen LogP contribution in [0.25, 0.3) is 0 Å². The van der Waals surface area contributed by atoms with Gasteiger partial charge in [0.25, 0.3) is 0 Å². The predicted molar refractivity (Wildman–Crippen MR) is 47.6 cm³/mol. The van der Waals surface area contributed by atoms with Crippen molar-refractivity contribution < 1.29 is 9.84 Å². The van der Waals surface area contributed by atoms with Crippen LogP contribution < -0.4 is 0 Å². The predicted octanol–water partition coefficient (Wildman–Crippen LogP) is 1.19. The van der Waals surface area contributed by atoms with Gasteiger partial charge >= 0.3 is 0 Å². The van der Waals surface area contributed by atoms with Crippen LogP contribution in [0.3, 0.4) is 0 Å². The first-order valence-electron chi connectivity index (χ1n) is 4.54. The Kier molecular flexibility index (Phi) is 4.13. The molecule has 2 nitrogen and oxygen atoms in total. The Morgan fingerprint density at radius 3 is 3.08 bits per heavy atom. The molecule has 1 saturated heterocycles. The van der Waals surface area contributed by atoms with Crippen LogP contribution in [0.4, 0.5) is 0 Å². The number of hydrogen-bond acceptors (Lipinski definition) is 2. The van der Waals surface area contributed by atoms with Crippen molar-refractivity contribution in [3.05, 3.63) is 0 Å². The molecule has 0 aliphatic carbocycles. The summed E-state index contributed by atoms with van der Waals surface area (Å²) >= 11 is 0. The lowest BCUT2D eigenvalue weighted by molar-refractivity contribution is 0.0835. The first-order valence-corrected chi connectivity index (χ1v) is 4.54. The molecule has 1 heterocycles. The minimum Gasteiger partial charge on any atom is -0.393 e. The average Bonchev–Trinajstić information content (AvgIpc) is 2.56. The van der Waals surface area contributed by atoms with Gasteiger partial charge in [-0.3, -0.25) is 0 Å². The highest BCUT2D eigenvalue weighted by atomic mass is 16.5. The van der Waals surface area contributed by atoms with Gasteiger partial charge in [-0.25, -0.2) is 0 Å². The zero-order valence-corrected chi connectivity index (χ0v) is 7.33. The Labute approximate surface area is 73.9 Å². The maximum atomic E-state index is 9.63. The molecule has 0 amide bonds. The summed E-state index contributed by atoms with van der Waals surface area (Å²) in [5, 5.41) is 9.63. The van der Waals surface area contributed by atoms with Gasteiger partial charge in [-0.2, -0.15) is 0 Å². The fraction of sp³-hybridized carbons (Fsp3) is 0.800. The van der Waals surface area contributed by atoms with E-state index in [1.807, 2.05) is 0 Å². The van der Waals surface area contributed by atoms with E-state index in [1.165, 1.54) is 0 Å². The van der Waals surface area contributed by atoms with E-state index in [9.17, 15) is 5.11 Å². The van der Waals surface area contributed by atoms with E-state index in [-0.39, 0.29) is 6.10 Å². The van der Waals surface area contributed by atoms with Crippen LogP contribution >= 0.6 is 0 Å². The minimum absolute atomic E-state index is 0.208. The van der Waals surface area contributed by atoms with Crippen LogP contribution in [-0.2, 0) is 4.74 Å².